The van der Waals surface area contributed by atoms with Crippen LogP contribution < -0.4 is 28.0 Å². The molecule has 0 saturated carbocycles. The van der Waals surface area contributed by atoms with Crippen molar-refractivity contribution in [2.24, 2.45) is 7.05 Å². The molecule has 0 amide bonds. The maximum Gasteiger partial charge on any atom is 0.275 e. The van der Waals surface area contributed by atoms with E-state index in [0.717, 1.165) is 30.5 Å². The summed E-state index contributed by atoms with van der Waals surface area (Å²) in [5, 5.41) is 2.29. The van der Waals surface area contributed by atoms with Crippen molar-refractivity contribution in [2.45, 2.75) is 18.9 Å². The third-order valence-electron chi connectivity index (χ3n) is 6.34. The Hall–Kier alpha value is -3.68. The van der Waals surface area contributed by atoms with Gasteiger partial charge >= 0.3 is 0 Å². The molecule has 0 spiro atoms. The van der Waals surface area contributed by atoms with Gasteiger partial charge in [0, 0.05) is 37.7 Å². The molecular formula is C28H28ClFN4O2. The van der Waals surface area contributed by atoms with Crippen LogP contribution in [0.4, 0.5) is 4.39 Å². The van der Waals surface area contributed by atoms with E-state index in [1.807, 2.05) is 48.7 Å². The molecule has 1 unspecified atom stereocenters. The summed E-state index contributed by atoms with van der Waals surface area (Å²) >= 11 is 0. The first-order chi connectivity index (χ1) is 17.1. The first-order valence-electron chi connectivity index (χ1n) is 11.8. The highest BCUT2D eigenvalue weighted by Gasteiger charge is 2.16. The van der Waals surface area contributed by atoms with Crippen LogP contribution in [-0.4, -0.2) is 27.1 Å². The fourth-order valence-corrected chi connectivity index (χ4v) is 4.46. The molecule has 2 N–H and O–H groups in total. The lowest BCUT2D eigenvalue weighted by atomic mass is 9.98. The number of quaternary nitrogens is 1. The predicted molar refractivity (Wildman–Crippen MR) is 134 cm³/mol. The molecule has 0 aliphatic carbocycles. The summed E-state index contributed by atoms with van der Waals surface area (Å²) in [6.45, 7) is 1.38. The molecule has 0 aliphatic rings. The average Bonchev–Trinajstić information content (AvgIpc) is 3.38. The molecule has 186 valence electrons. The number of nitrogens with zero attached hydrogens (tertiary/aromatic N) is 3. The second-order valence-corrected chi connectivity index (χ2v) is 8.69. The van der Waals surface area contributed by atoms with Gasteiger partial charge < -0.3 is 27.0 Å². The summed E-state index contributed by atoms with van der Waals surface area (Å²) in [7, 11) is 1.75. The van der Waals surface area contributed by atoms with Crippen LogP contribution in [0, 0.1) is 5.82 Å². The zero-order chi connectivity index (χ0) is 24.2. The Bertz CT molecular complexity index is 1500. The van der Waals surface area contributed by atoms with Crippen LogP contribution in [-0.2, 0) is 13.5 Å². The van der Waals surface area contributed by atoms with Crippen LogP contribution in [0.5, 0.6) is 5.88 Å². The number of aryl methyl sites for hydroxylation is 1. The minimum absolute atomic E-state index is 0. The van der Waals surface area contributed by atoms with Crippen molar-refractivity contribution < 1.29 is 26.9 Å². The molecule has 8 heteroatoms. The number of ether oxygens (including phenoxy) is 1. The molecule has 36 heavy (non-hydrogen) atoms. The number of nitrogens with two attached hydrogens (primary N) is 1. The lowest BCUT2D eigenvalue weighted by Gasteiger charge is -2.17. The Balaban J connectivity index is 0.00000304. The quantitative estimate of drug-likeness (QED) is 0.299. The Kier molecular flexibility index (Phi) is 8.03. The van der Waals surface area contributed by atoms with Crippen molar-refractivity contribution >= 4 is 16.7 Å². The first kappa shape index (κ1) is 25.4. The van der Waals surface area contributed by atoms with Crippen molar-refractivity contribution in [1.29, 1.82) is 0 Å². The van der Waals surface area contributed by atoms with Gasteiger partial charge in [-0.15, -0.1) is 0 Å². The minimum atomic E-state index is -0.222. The van der Waals surface area contributed by atoms with Crippen molar-refractivity contribution in [3.8, 4) is 5.88 Å². The van der Waals surface area contributed by atoms with Crippen molar-refractivity contribution in [3.63, 3.8) is 0 Å². The fourth-order valence-electron chi connectivity index (χ4n) is 4.46. The lowest BCUT2D eigenvalue weighted by molar-refractivity contribution is -0.696. The monoisotopic (exact) mass is 506 g/mol. The van der Waals surface area contributed by atoms with Crippen LogP contribution in [0.1, 0.15) is 23.6 Å². The number of hydrogen-bond acceptors (Lipinski definition) is 3. The Morgan fingerprint density at radius 3 is 2.53 bits per heavy atom. The molecule has 2 aromatic carbocycles. The maximum absolute atomic E-state index is 13.4. The Morgan fingerprint density at radius 1 is 0.972 bits per heavy atom. The molecule has 0 fully saturated rings. The van der Waals surface area contributed by atoms with E-state index < -0.39 is 0 Å². The standard InChI is InChI=1S/C28H27FN4O2.ClH/c1-32-24-14-15-26(31-27(24)33-17-5-9-25(33)28(32)34)35-18-6-16-30-23(19-20-7-3-2-4-8-20)21-10-12-22(29)13-11-21;/h2-5,7-15,17,23,30H,6,16,18-19H2,1H3;1H. The molecule has 5 rings (SSSR count). The third kappa shape index (κ3) is 5.42. The largest absolute Gasteiger partial charge is 1.00 e. The van der Waals surface area contributed by atoms with Crippen LogP contribution in [0.25, 0.3) is 16.7 Å². The van der Waals surface area contributed by atoms with Gasteiger partial charge in [0.2, 0.25) is 5.88 Å². The van der Waals surface area contributed by atoms with Gasteiger partial charge in [-0.1, -0.05) is 42.5 Å². The topological polar surface area (TPSA) is 65.1 Å². The van der Waals surface area contributed by atoms with Crippen molar-refractivity contribution in [2.75, 3.05) is 13.2 Å². The lowest BCUT2D eigenvalue weighted by Crippen LogP contribution is -3.00. The van der Waals surface area contributed by atoms with E-state index in [1.54, 1.807) is 28.1 Å². The molecule has 3 aromatic heterocycles. The van der Waals surface area contributed by atoms with Gasteiger partial charge in [0.15, 0.2) is 5.65 Å². The van der Waals surface area contributed by atoms with E-state index in [0.29, 0.717) is 23.7 Å². The van der Waals surface area contributed by atoms with E-state index in [-0.39, 0.29) is 29.8 Å². The SMILES string of the molecule is Cn1c(=O)c2cccn2c2nc(OCCC[NH2+]C(Cc3ccccc3)c3ccc(F)cc3)ccc21.[Cl-]. The molecule has 1 atom stereocenters. The highest BCUT2D eigenvalue weighted by atomic mass is 35.5. The summed E-state index contributed by atoms with van der Waals surface area (Å²) in [5.74, 6) is 0.311. The summed E-state index contributed by atoms with van der Waals surface area (Å²) in [6, 6.07) is 24.6. The Labute approximate surface area is 214 Å². The highest BCUT2D eigenvalue weighted by Crippen LogP contribution is 2.18. The van der Waals surface area contributed by atoms with Gasteiger partial charge in [0.25, 0.3) is 5.56 Å². The Morgan fingerprint density at radius 2 is 1.75 bits per heavy atom. The zero-order valence-electron chi connectivity index (χ0n) is 20.0. The molecule has 5 aromatic rings. The van der Waals surface area contributed by atoms with E-state index in [9.17, 15) is 9.18 Å². The first-order valence-corrected chi connectivity index (χ1v) is 11.8. The number of rotatable bonds is 9. The van der Waals surface area contributed by atoms with E-state index in [2.05, 4.69) is 22.4 Å². The third-order valence-corrected chi connectivity index (χ3v) is 6.34. The molecule has 0 saturated heterocycles. The number of fused-ring (bicyclic) bond motifs is 3. The van der Waals surface area contributed by atoms with E-state index in [1.165, 1.54) is 17.7 Å². The molecule has 3 heterocycles. The van der Waals surface area contributed by atoms with Crippen LogP contribution >= 0.6 is 0 Å². The van der Waals surface area contributed by atoms with Crippen molar-refractivity contribution in [1.82, 2.24) is 14.0 Å². The van der Waals surface area contributed by atoms with Gasteiger partial charge in [0.05, 0.1) is 18.7 Å². The maximum atomic E-state index is 13.4. The number of hydrogen-bond donors (Lipinski definition) is 1. The van der Waals surface area contributed by atoms with Gasteiger partial charge in [-0.25, -0.2) is 4.39 Å². The van der Waals surface area contributed by atoms with Crippen LogP contribution in [0.3, 0.4) is 0 Å². The van der Waals surface area contributed by atoms with Gasteiger partial charge in [-0.2, -0.15) is 4.98 Å². The van der Waals surface area contributed by atoms with Crippen LogP contribution in [0.15, 0.2) is 89.9 Å². The second-order valence-electron chi connectivity index (χ2n) is 8.69. The number of aromatic nitrogens is 3. The van der Waals surface area contributed by atoms with Crippen LogP contribution in [0.2, 0.25) is 0 Å². The number of benzene rings is 2. The fraction of sp³-hybridized carbons (Fsp3) is 0.214. The van der Waals surface area contributed by atoms with E-state index in [4.69, 9.17) is 4.74 Å². The van der Waals surface area contributed by atoms with Gasteiger partial charge in [0.1, 0.15) is 17.4 Å². The smallest absolute Gasteiger partial charge is 0.275 e. The molecule has 0 aliphatic heterocycles. The van der Waals surface area contributed by atoms with Gasteiger partial charge in [-0.05, 0) is 35.9 Å². The minimum Gasteiger partial charge on any atom is -1.00 e. The predicted octanol–water partition coefficient (Wildman–Crippen LogP) is 0.646. The summed E-state index contributed by atoms with van der Waals surface area (Å²) in [4.78, 5) is 17.1. The molecule has 6 nitrogen and oxygen atoms in total. The van der Waals surface area contributed by atoms with Gasteiger partial charge in [-0.3, -0.25) is 9.20 Å². The number of halogens is 2. The average molecular weight is 507 g/mol. The molecule has 0 bridgehead atoms. The molecular weight excluding hydrogens is 479 g/mol. The summed E-state index contributed by atoms with van der Waals surface area (Å²) < 4.78 is 22.8. The van der Waals surface area contributed by atoms with E-state index >= 15 is 0 Å². The normalized spacial score (nSPS) is 11.9. The second kappa shape index (κ2) is 11.4. The van der Waals surface area contributed by atoms with Crippen molar-refractivity contribution in [3.05, 3.63) is 112 Å². The zero-order valence-corrected chi connectivity index (χ0v) is 20.7. The molecule has 0 radical (unpaired) electrons. The highest BCUT2D eigenvalue weighted by molar-refractivity contribution is 5.75. The number of pyridine rings is 1. The summed E-state index contributed by atoms with van der Waals surface area (Å²) in [6.07, 6.45) is 3.54. The summed E-state index contributed by atoms with van der Waals surface area (Å²) in [5.41, 5.74) is 4.33.